The van der Waals surface area contributed by atoms with Gasteiger partial charge in [-0.2, -0.15) is 5.10 Å². The number of nitrogens with zero attached hydrogens (tertiary/aromatic N) is 2. The van der Waals surface area contributed by atoms with E-state index >= 15 is 0 Å². The van der Waals surface area contributed by atoms with E-state index in [0.29, 0.717) is 26.2 Å². The predicted octanol–water partition coefficient (Wildman–Crippen LogP) is 3.63. The number of aromatic nitrogens is 2. The Morgan fingerprint density at radius 2 is 1.66 bits per heavy atom. The van der Waals surface area contributed by atoms with Gasteiger partial charge < -0.3 is 14.8 Å². The van der Waals surface area contributed by atoms with Crippen LogP contribution in [0.5, 0.6) is 11.5 Å². The molecule has 0 aliphatic heterocycles. The van der Waals surface area contributed by atoms with Crippen molar-refractivity contribution in [2.45, 2.75) is 27.2 Å². The number of hydrogen-bond donors (Lipinski definition) is 1. The topological polar surface area (TPSA) is 65.4 Å². The van der Waals surface area contributed by atoms with Gasteiger partial charge in [0.05, 0.1) is 31.0 Å². The lowest BCUT2D eigenvalue weighted by atomic mass is 10.1. The Bertz CT molecular complexity index is 934. The first-order chi connectivity index (χ1) is 14.1. The number of carbonyl (C=O) groups is 1. The van der Waals surface area contributed by atoms with E-state index in [2.05, 4.69) is 10.4 Å². The van der Waals surface area contributed by atoms with Crippen molar-refractivity contribution in [2.24, 2.45) is 0 Å². The molecule has 1 aromatic heterocycles. The number of benzene rings is 2. The Balaban J connectivity index is 1.49. The summed E-state index contributed by atoms with van der Waals surface area (Å²) in [6.07, 6.45) is 0.299. The van der Waals surface area contributed by atoms with E-state index in [-0.39, 0.29) is 5.91 Å². The number of aryl methyl sites for hydroxylation is 1. The predicted molar refractivity (Wildman–Crippen MR) is 113 cm³/mol. The highest BCUT2D eigenvalue weighted by atomic mass is 16.5. The van der Waals surface area contributed by atoms with Gasteiger partial charge >= 0.3 is 0 Å². The molecule has 6 nitrogen and oxygen atoms in total. The van der Waals surface area contributed by atoms with Crippen molar-refractivity contribution in [2.75, 3.05) is 19.8 Å². The summed E-state index contributed by atoms with van der Waals surface area (Å²) in [5.41, 5.74) is 3.80. The van der Waals surface area contributed by atoms with Crippen LogP contribution < -0.4 is 14.8 Å². The van der Waals surface area contributed by atoms with Crippen molar-refractivity contribution in [3.8, 4) is 17.2 Å². The Hall–Kier alpha value is -3.28. The zero-order chi connectivity index (χ0) is 20.6. The first kappa shape index (κ1) is 20.5. The second-order valence-electron chi connectivity index (χ2n) is 6.68. The summed E-state index contributed by atoms with van der Waals surface area (Å²) in [7, 11) is 0. The highest BCUT2D eigenvalue weighted by molar-refractivity contribution is 5.79. The van der Waals surface area contributed by atoms with Gasteiger partial charge in [-0.15, -0.1) is 0 Å². The molecule has 0 aliphatic carbocycles. The quantitative estimate of drug-likeness (QED) is 0.564. The fourth-order valence-electron chi connectivity index (χ4n) is 3.13. The van der Waals surface area contributed by atoms with Crippen molar-refractivity contribution >= 4 is 5.91 Å². The molecule has 2 aromatic carbocycles. The van der Waals surface area contributed by atoms with Crippen LogP contribution in [0.2, 0.25) is 0 Å². The van der Waals surface area contributed by atoms with Crippen molar-refractivity contribution in [3.05, 3.63) is 71.5 Å². The van der Waals surface area contributed by atoms with Crippen LogP contribution in [0.4, 0.5) is 0 Å². The molecule has 3 rings (SSSR count). The van der Waals surface area contributed by atoms with Crippen molar-refractivity contribution < 1.29 is 14.3 Å². The third-order valence-corrected chi connectivity index (χ3v) is 4.61. The molecule has 0 radical (unpaired) electrons. The zero-order valence-corrected chi connectivity index (χ0v) is 17.1. The molecule has 0 aliphatic rings. The lowest BCUT2D eigenvalue weighted by Gasteiger charge is -2.09. The minimum Gasteiger partial charge on any atom is -0.494 e. The molecule has 0 bridgehead atoms. The summed E-state index contributed by atoms with van der Waals surface area (Å²) in [4.78, 5) is 12.4. The number of nitrogens with one attached hydrogen (secondary N) is 1. The van der Waals surface area contributed by atoms with E-state index in [1.54, 1.807) is 0 Å². The molecule has 0 atom stereocenters. The second kappa shape index (κ2) is 9.78. The molecule has 29 heavy (non-hydrogen) atoms. The van der Waals surface area contributed by atoms with Crippen LogP contribution in [0.3, 0.4) is 0 Å². The van der Waals surface area contributed by atoms with Crippen LogP contribution in [0, 0.1) is 13.8 Å². The Morgan fingerprint density at radius 1 is 1.00 bits per heavy atom. The Kier molecular flexibility index (Phi) is 6.89. The van der Waals surface area contributed by atoms with E-state index in [1.807, 2.05) is 80.1 Å². The summed E-state index contributed by atoms with van der Waals surface area (Å²) in [6, 6.07) is 17.4. The van der Waals surface area contributed by atoms with Crippen LogP contribution in [-0.4, -0.2) is 35.4 Å². The van der Waals surface area contributed by atoms with Crippen LogP contribution >= 0.6 is 0 Å². The molecular weight excluding hydrogens is 366 g/mol. The Morgan fingerprint density at radius 3 is 2.31 bits per heavy atom. The normalized spacial score (nSPS) is 10.6. The van der Waals surface area contributed by atoms with Gasteiger partial charge in [-0.05, 0) is 57.2 Å². The summed E-state index contributed by atoms with van der Waals surface area (Å²) in [5.74, 6) is 1.52. The molecule has 1 N–H and O–H groups in total. The maximum atomic E-state index is 12.4. The first-order valence-corrected chi connectivity index (χ1v) is 9.81. The van der Waals surface area contributed by atoms with Gasteiger partial charge in [0.15, 0.2) is 0 Å². The van der Waals surface area contributed by atoms with E-state index in [1.165, 1.54) is 0 Å². The number of para-hydroxylation sites is 1. The van der Waals surface area contributed by atoms with Gasteiger partial charge in [-0.1, -0.05) is 18.2 Å². The van der Waals surface area contributed by atoms with Crippen LogP contribution in [-0.2, 0) is 11.2 Å². The third kappa shape index (κ3) is 5.38. The number of carbonyl (C=O) groups excluding carboxylic acids is 1. The fraction of sp³-hybridized carbons (Fsp3) is 0.304. The summed E-state index contributed by atoms with van der Waals surface area (Å²) in [5, 5.41) is 7.50. The molecule has 1 amide bonds. The van der Waals surface area contributed by atoms with Crippen LogP contribution in [0.1, 0.15) is 23.9 Å². The largest absolute Gasteiger partial charge is 0.494 e. The standard InChI is InChI=1S/C23H27N3O3/c1-4-28-20-10-12-21(13-11-20)29-15-14-24-23(27)16-22-17(2)25-26(18(22)3)19-8-6-5-7-9-19/h5-13H,4,14-16H2,1-3H3,(H,24,27). The first-order valence-electron chi connectivity index (χ1n) is 9.81. The minimum atomic E-state index is -0.0425. The summed E-state index contributed by atoms with van der Waals surface area (Å²) < 4.78 is 12.9. The average Bonchev–Trinajstić information content (AvgIpc) is 3.01. The van der Waals surface area contributed by atoms with E-state index in [4.69, 9.17) is 9.47 Å². The smallest absolute Gasteiger partial charge is 0.224 e. The lowest BCUT2D eigenvalue weighted by Crippen LogP contribution is -2.29. The van der Waals surface area contributed by atoms with Gasteiger partial charge in [0.1, 0.15) is 18.1 Å². The number of amides is 1. The monoisotopic (exact) mass is 393 g/mol. The molecule has 0 fully saturated rings. The second-order valence-corrected chi connectivity index (χ2v) is 6.68. The van der Waals surface area contributed by atoms with E-state index < -0.39 is 0 Å². The molecule has 152 valence electrons. The lowest BCUT2D eigenvalue weighted by molar-refractivity contribution is -0.120. The summed E-state index contributed by atoms with van der Waals surface area (Å²) >= 11 is 0. The number of ether oxygens (including phenoxy) is 2. The minimum absolute atomic E-state index is 0.0425. The van der Waals surface area contributed by atoms with Crippen LogP contribution in [0.15, 0.2) is 54.6 Å². The molecular formula is C23H27N3O3. The molecule has 0 saturated carbocycles. The molecule has 3 aromatic rings. The third-order valence-electron chi connectivity index (χ3n) is 4.61. The van der Waals surface area contributed by atoms with E-state index in [0.717, 1.165) is 34.1 Å². The van der Waals surface area contributed by atoms with Crippen molar-refractivity contribution in [1.29, 1.82) is 0 Å². The molecule has 0 saturated heterocycles. The van der Waals surface area contributed by atoms with Gasteiger partial charge in [-0.3, -0.25) is 4.79 Å². The number of rotatable bonds is 9. The van der Waals surface area contributed by atoms with Gasteiger partial charge in [0.2, 0.25) is 5.91 Å². The van der Waals surface area contributed by atoms with Gasteiger partial charge in [0, 0.05) is 11.3 Å². The maximum Gasteiger partial charge on any atom is 0.224 e. The maximum absolute atomic E-state index is 12.4. The molecule has 6 heteroatoms. The van der Waals surface area contributed by atoms with Gasteiger partial charge in [-0.25, -0.2) is 4.68 Å². The zero-order valence-electron chi connectivity index (χ0n) is 17.1. The highest BCUT2D eigenvalue weighted by Crippen LogP contribution is 2.19. The van der Waals surface area contributed by atoms with Crippen LogP contribution in [0.25, 0.3) is 5.69 Å². The van der Waals surface area contributed by atoms with Gasteiger partial charge in [0.25, 0.3) is 0 Å². The average molecular weight is 393 g/mol. The van der Waals surface area contributed by atoms with Crippen molar-refractivity contribution in [1.82, 2.24) is 15.1 Å². The highest BCUT2D eigenvalue weighted by Gasteiger charge is 2.15. The number of hydrogen-bond acceptors (Lipinski definition) is 4. The Labute approximate surface area is 171 Å². The fourth-order valence-corrected chi connectivity index (χ4v) is 3.13. The van der Waals surface area contributed by atoms with E-state index in [9.17, 15) is 4.79 Å². The molecule has 0 spiro atoms. The van der Waals surface area contributed by atoms with Crippen molar-refractivity contribution in [3.63, 3.8) is 0 Å². The summed E-state index contributed by atoms with van der Waals surface area (Å²) in [6.45, 7) is 7.35. The SMILES string of the molecule is CCOc1ccc(OCCNC(=O)Cc2c(C)nn(-c3ccccc3)c2C)cc1. The molecule has 0 unspecified atom stereocenters. The molecule has 1 heterocycles.